The fourth-order valence-corrected chi connectivity index (χ4v) is 3.17. The first kappa shape index (κ1) is 14.7. The SMILES string of the molecule is CNc1cncc(C2CCCN2C(=O)c2ccc3c(c2)OCO3)n1. The largest absolute Gasteiger partial charge is 0.454 e. The standard InChI is InChI=1S/C17H18N4O3/c1-18-16-9-19-8-12(20-16)13-3-2-6-21(13)17(22)11-4-5-14-15(7-11)24-10-23-14/h4-5,7-9,13H,2-3,6,10H2,1H3,(H,18,20). The molecule has 1 atom stereocenters. The van der Waals surface area contributed by atoms with Crippen LogP contribution < -0.4 is 14.8 Å². The second kappa shape index (κ2) is 5.99. The minimum absolute atomic E-state index is 0.0209. The van der Waals surface area contributed by atoms with E-state index in [1.807, 2.05) is 4.90 Å². The zero-order valence-electron chi connectivity index (χ0n) is 13.4. The van der Waals surface area contributed by atoms with Crippen LogP contribution in [0.1, 0.15) is 34.9 Å². The number of carbonyl (C=O) groups excluding carboxylic acids is 1. The van der Waals surface area contributed by atoms with Gasteiger partial charge < -0.3 is 19.7 Å². The molecule has 24 heavy (non-hydrogen) atoms. The van der Waals surface area contributed by atoms with Crippen LogP contribution in [-0.2, 0) is 0 Å². The zero-order chi connectivity index (χ0) is 16.5. The van der Waals surface area contributed by atoms with Crippen molar-refractivity contribution in [3.8, 4) is 11.5 Å². The van der Waals surface area contributed by atoms with Crippen molar-refractivity contribution < 1.29 is 14.3 Å². The summed E-state index contributed by atoms with van der Waals surface area (Å²) in [5.41, 5.74) is 1.41. The zero-order valence-corrected chi connectivity index (χ0v) is 13.4. The van der Waals surface area contributed by atoms with Gasteiger partial charge in [-0.25, -0.2) is 4.98 Å². The van der Waals surface area contributed by atoms with E-state index in [0.29, 0.717) is 29.4 Å². The maximum atomic E-state index is 13.0. The van der Waals surface area contributed by atoms with Crippen molar-refractivity contribution in [1.29, 1.82) is 0 Å². The predicted molar refractivity (Wildman–Crippen MR) is 87.2 cm³/mol. The van der Waals surface area contributed by atoms with Crippen molar-refractivity contribution in [3.05, 3.63) is 41.9 Å². The Morgan fingerprint density at radius 3 is 3.04 bits per heavy atom. The molecule has 2 aromatic rings. The molecule has 0 saturated carbocycles. The van der Waals surface area contributed by atoms with Crippen molar-refractivity contribution in [2.75, 3.05) is 25.7 Å². The van der Waals surface area contributed by atoms with Gasteiger partial charge >= 0.3 is 0 Å². The van der Waals surface area contributed by atoms with Crippen molar-refractivity contribution in [1.82, 2.24) is 14.9 Å². The van der Waals surface area contributed by atoms with E-state index in [4.69, 9.17) is 9.47 Å². The molecule has 7 heteroatoms. The Labute approximate surface area is 139 Å². The van der Waals surface area contributed by atoms with Crippen LogP contribution in [0.4, 0.5) is 5.82 Å². The van der Waals surface area contributed by atoms with Crippen LogP contribution in [0.15, 0.2) is 30.6 Å². The third-order valence-corrected chi connectivity index (χ3v) is 4.38. The molecule has 1 N–H and O–H groups in total. The van der Waals surface area contributed by atoms with Crippen LogP contribution in [0.3, 0.4) is 0 Å². The molecular weight excluding hydrogens is 308 g/mol. The lowest BCUT2D eigenvalue weighted by atomic mass is 10.1. The summed E-state index contributed by atoms with van der Waals surface area (Å²) in [6.45, 7) is 0.912. The number of ether oxygens (including phenoxy) is 2. The molecule has 1 amide bonds. The van der Waals surface area contributed by atoms with Gasteiger partial charge in [-0.05, 0) is 31.0 Å². The van der Waals surface area contributed by atoms with Gasteiger partial charge in [-0.3, -0.25) is 9.78 Å². The minimum atomic E-state index is -0.0521. The van der Waals surface area contributed by atoms with Gasteiger partial charge in [0, 0.05) is 19.2 Å². The fraction of sp³-hybridized carbons (Fsp3) is 0.353. The van der Waals surface area contributed by atoms with Crippen LogP contribution in [-0.4, -0.2) is 41.2 Å². The summed E-state index contributed by atoms with van der Waals surface area (Å²) < 4.78 is 10.7. The van der Waals surface area contributed by atoms with E-state index in [1.165, 1.54) is 0 Å². The number of fused-ring (bicyclic) bond motifs is 1. The summed E-state index contributed by atoms with van der Waals surface area (Å²) in [6, 6.07) is 5.25. The van der Waals surface area contributed by atoms with Crippen LogP contribution in [0.25, 0.3) is 0 Å². The van der Waals surface area contributed by atoms with Gasteiger partial charge in [-0.15, -0.1) is 0 Å². The van der Waals surface area contributed by atoms with Gasteiger partial charge in [-0.2, -0.15) is 0 Å². The molecule has 7 nitrogen and oxygen atoms in total. The van der Waals surface area contributed by atoms with Gasteiger partial charge in [-0.1, -0.05) is 0 Å². The number of likely N-dealkylation sites (tertiary alicyclic amines) is 1. The average molecular weight is 326 g/mol. The second-order valence-corrected chi connectivity index (χ2v) is 5.80. The smallest absolute Gasteiger partial charge is 0.254 e. The van der Waals surface area contributed by atoms with Crippen LogP contribution in [0, 0.1) is 0 Å². The normalized spacial score (nSPS) is 18.7. The number of carbonyl (C=O) groups is 1. The summed E-state index contributed by atoms with van der Waals surface area (Å²) in [6.07, 6.45) is 5.24. The summed E-state index contributed by atoms with van der Waals surface area (Å²) in [7, 11) is 1.80. The molecule has 1 saturated heterocycles. The molecule has 2 aliphatic heterocycles. The summed E-state index contributed by atoms with van der Waals surface area (Å²) in [5.74, 6) is 1.98. The number of hydrogen-bond donors (Lipinski definition) is 1. The van der Waals surface area contributed by atoms with E-state index in [0.717, 1.165) is 18.5 Å². The second-order valence-electron chi connectivity index (χ2n) is 5.80. The maximum absolute atomic E-state index is 13.0. The molecule has 0 aliphatic carbocycles. The van der Waals surface area contributed by atoms with Gasteiger partial charge in [0.2, 0.25) is 6.79 Å². The first-order chi connectivity index (χ1) is 11.8. The lowest BCUT2D eigenvalue weighted by molar-refractivity contribution is 0.0732. The summed E-state index contributed by atoms with van der Waals surface area (Å²) >= 11 is 0. The minimum Gasteiger partial charge on any atom is -0.454 e. The van der Waals surface area contributed by atoms with Gasteiger partial charge in [0.05, 0.1) is 24.1 Å². The molecule has 4 rings (SSSR count). The Bertz CT molecular complexity index is 780. The number of nitrogens with zero attached hydrogens (tertiary/aromatic N) is 3. The Morgan fingerprint density at radius 2 is 2.17 bits per heavy atom. The number of benzene rings is 1. The van der Waals surface area contributed by atoms with Crippen LogP contribution in [0.2, 0.25) is 0 Å². The Kier molecular flexibility index (Phi) is 3.68. The van der Waals surface area contributed by atoms with Crippen molar-refractivity contribution in [3.63, 3.8) is 0 Å². The number of aromatic nitrogens is 2. The average Bonchev–Trinajstić information content (AvgIpc) is 3.29. The number of amides is 1. The van der Waals surface area contributed by atoms with Crippen molar-refractivity contribution in [2.45, 2.75) is 18.9 Å². The van der Waals surface area contributed by atoms with E-state index in [9.17, 15) is 4.79 Å². The third kappa shape index (κ3) is 2.51. The lowest BCUT2D eigenvalue weighted by Crippen LogP contribution is -2.31. The van der Waals surface area contributed by atoms with Gasteiger partial charge in [0.1, 0.15) is 5.82 Å². The van der Waals surface area contributed by atoms with Gasteiger partial charge in [0.25, 0.3) is 5.91 Å². The first-order valence-corrected chi connectivity index (χ1v) is 7.96. The highest BCUT2D eigenvalue weighted by atomic mass is 16.7. The summed E-state index contributed by atoms with van der Waals surface area (Å²) in [4.78, 5) is 23.6. The topological polar surface area (TPSA) is 76.6 Å². The number of rotatable bonds is 3. The molecular formula is C17H18N4O3. The van der Waals surface area contributed by atoms with E-state index in [-0.39, 0.29) is 18.7 Å². The Morgan fingerprint density at radius 1 is 1.29 bits per heavy atom. The van der Waals surface area contributed by atoms with Crippen molar-refractivity contribution >= 4 is 11.7 Å². The maximum Gasteiger partial charge on any atom is 0.254 e. The highest BCUT2D eigenvalue weighted by Gasteiger charge is 2.32. The molecule has 0 bridgehead atoms. The van der Waals surface area contributed by atoms with E-state index in [2.05, 4.69) is 15.3 Å². The molecule has 0 spiro atoms. The molecule has 1 aromatic carbocycles. The van der Waals surface area contributed by atoms with Crippen molar-refractivity contribution in [2.24, 2.45) is 0 Å². The fourth-order valence-electron chi connectivity index (χ4n) is 3.17. The lowest BCUT2D eigenvalue weighted by Gasteiger charge is -2.24. The predicted octanol–water partition coefficient (Wildman–Crippen LogP) is 2.22. The number of anilines is 1. The molecule has 124 valence electrons. The number of hydrogen-bond acceptors (Lipinski definition) is 6. The van der Waals surface area contributed by atoms with E-state index in [1.54, 1.807) is 37.6 Å². The highest BCUT2D eigenvalue weighted by Crippen LogP contribution is 2.36. The number of nitrogens with one attached hydrogen (secondary N) is 1. The van der Waals surface area contributed by atoms with Crippen LogP contribution >= 0.6 is 0 Å². The third-order valence-electron chi connectivity index (χ3n) is 4.38. The quantitative estimate of drug-likeness (QED) is 0.932. The van der Waals surface area contributed by atoms with E-state index < -0.39 is 0 Å². The monoisotopic (exact) mass is 326 g/mol. The molecule has 0 radical (unpaired) electrons. The molecule has 3 heterocycles. The van der Waals surface area contributed by atoms with E-state index >= 15 is 0 Å². The molecule has 2 aliphatic rings. The first-order valence-electron chi connectivity index (χ1n) is 7.96. The molecule has 1 fully saturated rings. The Hall–Kier alpha value is -2.83. The van der Waals surface area contributed by atoms with Gasteiger partial charge in [0.15, 0.2) is 11.5 Å². The molecule has 1 aromatic heterocycles. The Balaban J connectivity index is 1.61. The summed E-state index contributed by atoms with van der Waals surface area (Å²) in [5, 5.41) is 2.99. The van der Waals surface area contributed by atoms with Crippen LogP contribution in [0.5, 0.6) is 11.5 Å². The highest BCUT2D eigenvalue weighted by molar-refractivity contribution is 5.95. The molecule has 1 unspecified atom stereocenters.